The van der Waals surface area contributed by atoms with Gasteiger partial charge in [-0.25, -0.2) is 4.98 Å². The minimum atomic E-state index is -0.800. The Morgan fingerprint density at radius 3 is 2.71 bits per heavy atom. The molecule has 0 radical (unpaired) electrons. The summed E-state index contributed by atoms with van der Waals surface area (Å²) in [6, 6.07) is 1.80. The normalized spacial score (nSPS) is 16.9. The van der Waals surface area contributed by atoms with Gasteiger partial charge in [0, 0.05) is 16.2 Å². The zero-order chi connectivity index (χ0) is 12.6. The summed E-state index contributed by atoms with van der Waals surface area (Å²) < 4.78 is 6.36. The molecule has 1 aliphatic rings. The number of ether oxygens (including phenoxy) is 1. The van der Waals surface area contributed by atoms with E-state index in [0.29, 0.717) is 24.3 Å². The Kier molecular flexibility index (Phi) is 3.12. The summed E-state index contributed by atoms with van der Waals surface area (Å²) in [5.41, 5.74) is -0.117. The number of pyridine rings is 1. The molecule has 1 aliphatic carbocycles. The minimum Gasteiger partial charge on any atom is -0.481 e. The number of carboxylic acids is 1. The number of rotatable bonds is 4. The van der Waals surface area contributed by atoms with Gasteiger partial charge in [-0.3, -0.25) is 4.79 Å². The lowest BCUT2D eigenvalue weighted by atomic mass is 9.97. The second-order valence-corrected chi connectivity index (χ2v) is 5.48. The van der Waals surface area contributed by atoms with E-state index in [1.54, 1.807) is 12.3 Å². The first-order valence-corrected chi connectivity index (χ1v) is 6.31. The van der Waals surface area contributed by atoms with Crippen molar-refractivity contribution in [3.05, 3.63) is 22.3 Å². The average molecular weight is 300 g/mol. The molecule has 0 atom stereocenters. The van der Waals surface area contributed by atoms with Gasteiger partial charge in [-0.05, 0) is 48.7 Å². The molecule has 0 aliphatic heterocycles. The summed E-state index contributed by atoms with van der Waals surface area (Å²) in [5, 5.41) is 9.31. The molecule has 0 amide bonds. The minimum absolute atomic E-state index is 0.0213. The number of hydrogen-bond donors (Lipinski definition) is 1. The molecule has 1 N–H and O–H groups in total. The van der Waals surface area contributed by atoms with Crippen LogP contribution in [-0.4, -0.2) is 22.2 Å². The first kappa shape index (κ1) is 12.4. The van der Waals surface area contributed by atoms with Crippen LogP contribution in [0.15, 0.2) is 16.7 Å². The largest absolute Gasteiger partial charge is 0.481 e. The fourth-order valence-corrected chi connectivity index (χ4v) is 2.14. The van der Waals surface area contributed by atoms with Crippen molar-refractivity contribution in [3.63, 3.8) is 0 Å². The van der Waals surface area contributed by atoms with Crippen molar-refractivity contribution in [2.24, 2.45) is 0 Å². The summed E-state index contributed by atoms with van der Waals surface area (Å²) >= 11 is 3.32. The second kappa shape index (κ2) is 4.29. The van der Waals surface area contributed by atoms with Crippen molar-refractivity contribution >= 4 is 21.9 Å². The zero-order valence-electron chi connectivity index (χ0n) is 9.74. The standard InChI is InChI=1S/C12H14BrNO3/c1-7(2)17-10-9(5-8(13)6-14-10)12(3-4-12)11(15)16/h5-7H,3-4H2,1-2H3,(H,15,16). The van der Waals surface area contributed by atoms with Crippen LogP contribution in [0, 0.1) is 0 Å². The Bertz CT molecular complexity index is 455. The molecule has 1 fully saturated rings. The molecular formula is C12H14BrNO3. The third kappa shape index (κ3) is 2.29. The van der Waals surface area contributed by atoms with E-state index in [0.717, 1.165) is 4.47 Å². The Hall–Kier alpha value is -1.10. The molecule has 1 aromatic rings. The van der Waals surface area contributed by atoms with Gasteiger partial charge in [0.05, 0.1) is 11.5 Å². The number of aliphatic carboxylic acids is 1. The van der Waals surface area contributed by atoms with Crippen LogP contribution in [0.5, 0.6) is 5.88 Å². The number of hydrogen-bond acceptors (Lipinski definition) is 3. The third-order valence-corrected chi connectivity index (χ3v) is 3.27. The summed E-state index contributed by atoms with van der Waals surface area (Å²) in [7, 11) is 0. The van der Waals surface area contributed by atoms with Crippen molar-refractivity contribution in [2.75, 3.05) is 0 Å². The molecule has 4 nitrogen and oxygen atoms in total. The predicted octanol–water partition coefficient (Wildman–Crippen LogP) is 2.75. The van der Waals surface area contributed by atoms with E-state index in [9.17, 15) is 9.90 Å². The van der Waals surface area contributed by atoms with E-state index < -0.39 is 11.4 Å². The van der Waals surface area contributed by atoms with Crippen molar-refractivity contribution in [3.8, 4) is 5.88 Å². The van der Waals surface area contributed by atoms with Gasteiger partial charge in [-0.1, -0.05) is 0 Å². The second-order valence-electron chi connectivity index (χ2n) is 4.56. The van der Waals surface area contributed by atoms with Crippen LogP contribution < -0.4 is 4.74 Å². The third-order valence-electron chi connectivity index (χ3n) is 2.84. The molecule has 2 rings (SSSR count). The summed E-state index contributed by atoms with van der Waals surface area (Å²) in [4.78, 5) is 15.5. The molecule has 0 aromatic carbocycles. The average Bonchev–Trinajstić information content (AvgIpc) is 3.01. The van der Waals surface area contributed by atoms with Gasteiger partial charge in [0.1, 0.15) is 0 Å². The number of aromatic nitrogens is 1. The Balaban J connectivity index is 2.44. The van der Waals surface area contributed by atoms with Gasteiger partial charge in [0.15, 0.2) is 0 Å². The highest BCUT2D eigenvalue weighted by molar-refractivity contribution is 9.10. The van der Waals surface area contributed by atoms with Crippen molar-refractivity contribution in [1.82, 2.24) is 4.98 Å². The quantitative estimate of drug-likeness (QED) is 0.929. The summed E-state index contributed by atoms with van der Waals surface area (Å²) in [5.74, 6) is -0.367. The first-order chi connectivity index (χ1) is 7.95. The highest BCUT2D eigenvalue weighted by Crippen LogP contribution is 2.51. The predicted molar refractivity (Wildman–Crippen MR) is 66.2 cm³/mol. The lowest BCUT2D eigenvalue weighted by molar-refractivity contribution is -0.140. The van der Waals surface area contributed by atoms with E-state index in [-0.39, 0.29) is 6.10 Å². The number of halogens is 1. The van der Waals surface area contributed by atoms with Gasteiger partial charge < -0.3 is 9.84 Å². The van der Waals surface area contributed by atoms with Crippen LogP contribution >= 0.6 is 15.9 Å². The molecule has 0 bridgehead atoms. The van der Waals surface area contributed by atoms with Gasteiger partial charge in [-0.15, -0.1) is 0 Å². The van der Waals surface area contributed by atoms with Crippen LogP contribution in [0.2, 0.25) is 0 Å². The van der Waals surface area contributed by atoms with Crippen molar-refractivity contribution < 1.29 is 14.6 Å². The molecule has 5 heteroatoms. The Morgan fingerprint density at radius 2 is 2.24 bits per heavy atom. The Morgan fingerprint density at radius 1 is 1.59 bits per heavy atom. The molecule has 0 unspecified atom stereocenters. The van der Waals surface area contributed by atoms with E-state index in [1.807, 2.05) is 13.8 Å². The van der Waals surface area contributed by atoms with Crippen LogP contribution in [0.4, 0.5) is 0 Å². The van der Waals surface area contributed by atoms with Crippen LogP contribution in [0.3, 0.4) is 0 Å². The lowest BCUT2D eigenvalue weighted by Crippen LogP contribution is -2.22. The highest BCUT2D eigenvalue weighted by atomic mass is 79.9. The summed E-state index contributed by atoms with van der Waals surface area (Å²) in [6.07, 6.45) is 2.90. The molecule has 0 saturated heterocycles. The van der Waals surface area contributed by atoms with Crippen molar-refractivity contribution in [1.29, 1.82) is 0 Å². The summed E-state index contributed by atoms with van der Waals surface area (Å²) in [6.45, 7) is 3.79. The van der Waals surface area contributed by atoms with Crippen LogP contribution in [0.25, 0.3) is 0 Å². The zero-order valence-corrected chi connectivity index (χ0v) is 11.3. The lowest BCUT2D eigenvalue weighted by Gasteiger charge is -2.17. The van der Waals surface area contributed by atoms with Gasteiger partial charge >= 0.3 is 5.97 Å². The molecule has 92 valence electrons. The maximum atomic E-state index is 11.3. The molecule has 0 spiro atoms. The Labute approximate surface area is 108 Å². The van der Waals surface area contributed by atoms with E-state index in [4.69, 9.17) is 4.74 Å². The van der Waals surface area contributed by atoms with E-state index in [2.05, 4.69) is 20.9 Å². The highest BCUT2D eigenvalue weighted by Gasteiger charge is 2.54. The van der Waals surface area contributed by atoms with Crippen LogP contribution in [-0.2, 0) is 10.2 Å². The van der Waals surface area contributed by atoms with Gasteiger partial charge in [0.2, 0.25) is 5.88 Å². The fraction of sp³-hybridized carbons (Fsp3) is 0.500. The maximum Gasteiger partial charge on any atom is 0.314 e. The molecule has 1 aromatic heterocycles. The molecule has 1 saturated carbocycles. The van der Waals surface area contributed by atoms with Crippen LogP contribution in [0.1, 0.15) is 32.3 Å². The van der Waals surface area contributed by atoms with Gasteiger partial charge in [-0.2, -0.15) is 0 Å². The molecular weight excluding hydrogens is 286 g/mol. The topological polar surface area (TPSA) is 59.4 Å². The smallest absolute Gasteiger partial charge is 0.314 e. The number of carboxylic acid groups (broad SMARTS) is 1. The molecule has 17 heavy (non-hydrogen) atoms. The van der Waals surface area contributed by atoms with Crippen molar-refractivity contribution in [2.45, 2.75) is 38.2 Å². The monoisotopic (exact) mass is 299 g/mol. The fourth-order valence-electron chi connectivity index (χ4n) is 1.81. The molecule has 1 heterocycles. The number of carbonyl (C=O) groups is 1. The first-order valence-electron chi connectivity index (χ1n) is 5.52. The van der Waals surface area contributed by atoms with E-state index >= 15 is 0 Å². The van der Waals surface area contributed by atoms with Gasteiger partial charge in [0.25, 0.3) is 0 Å². The van der Waals surface area contributed by atoms with E-state index in [1.165, 1.54) is 0 Å². The number of nitrogens with zero attached hydrogens (tertiary/aromatic N) is 1. The SMILES string of the molecule is CC(C)Oc1ncc(Br)cc1C1(C(=O)O)CC1. The maximum absolute atomic E-state index is 11.3.